The van der Waals surface area contributed by atoms with Gasteiger partial charge in [-0.25, -0.2) is 9.67 Å². The Balaban J connectivity index is 2.10. The Morgan fingerprint density at radius 2 is 2.10 bits per heavy atom. The van der Waals surface area contributed by atoms with Crippen LogP contribution in [0.5, 0.6) is 0 Å². The average molecular weight is 312 g/mol. The molecule has 0 saturated heterocycles. The highest BCUT2D eigenvalue weighted by molar-refractivity contribution is 6.76. The van der Waals surface area contributed by atoms with Gasteiger partial charge in [0.1, 0.15) is 11.9 Å². The standard InChI is InChI=1S/C14H22ClN3OSi/c1-5-12-11-8-14(15)16-9-13(11)18(17-12)10-19-6-7-20(2,3)4/h8-9H,5-7,10H2,1-4H3. The molecule has 0 aliphatic rings. The third-order valence-electron chi connectivity index (χ3n) is 3.22. The summed E-state index contributed by atoms with van der Waals surface area (Å²) in [5, 5.41) is 6.16. The van der Waals surface area contributed by atoms with Crippen molar-refractivity contribution >= 4 is 30.6 Å². The zero-order valence-corrected chi connectivity index (χ0v) is 14.4. The first kappa shape index (κ1) is 15.5. The van der Waals surface area contributed by atoms with Crippen molar-refractivity contribution in [2.45, 2.75) is 45.8 Å². The van der Waals surface area contributed by atoms with Gasteiger partial charge >= 0.3 is 0 Å². The number of nitrogens with zero attached hydrogens (tertiary/aromatic N) is 3. The first-order valence-corrected chi connectivity index (χ1v) is 11.1. The third kappa shape index (κ3) is 3.81. The maximum absolute atomic E-state index is 5.96. The van der Waals surface area contributed by atoms with Crippen LogP contribution in [-0.4, -0.2) is 29.4 Å². The minimum absolute atomic E-state index is 0.476. The van der Waals surface area contributed by atoms with Crippen LogP contribution in [0.4, 0.5) is 0 Å². The molecule has 0 spiro atoms. The van der Waals surface area contributed by atoms with Crippen LogP contribution in [-0.2, 0) is 17.9 Å². The lowest BCUT2D eigenvalue weighted by molar-refractivity contribution is 0.0814. The summed E-state index contributed by atoms with van der Waals surface area (Å²) < 4.78 is 7.64. The molecule has 6 heteroatoms. The zero-order valence-electron chi connectivity index (χ0n) is 12.6. The fraction of sp³-hybridized carbons (Fsp3) is 0.571. The van der Waals surface area contributed by atoms with Crippen LogP contribution in [0.15, 0.2) is 12.3 Å². The number of aromatic nitrogens is 3. The van der Waals surface area contributed by atoms with Gasteiger partial charge in [0.05, 0.1) is 17.4 Å². The average Bonchev–Trinajstić information content (AvgIpc) is 2.71. The van der Waals surface area contributed by atoms with E-state index in [1.165, 1.54) is 0 Å². The molecule has 0 amide bonds. The fourth-order valence-corrected chi connectivity index (χ4v) is 2.92. The Kier molecular flexibility index (Phi) is 4.83. The number of hydrogen-bond acceptors (Lipinski definition) is 3. The first-order valence-electron chi connectivity index (χ1n) is 6.99. The predicted octanol–water partition coefficient (Wildman–Crippen LogP) is 3.96. The van der Waals surface area contributed by atoms with Crippen molar-refractivity contribution in [3.05, 3.63) is 23.1 Å². The molecule has 0 fully saturated rings. The van der Waals surface area contributed by atoms with E-state index in [2.05, 4.69) is 36.6 Å². The molecule has 0 unspecified atom stereocenters. The zero-order chi connectivity index (χ0) is 14.8. The second-order valence-corrected chi connectivity index (χ2v) is 12.2. The molecule has 0 saturated carbocycles. The van der Waals surface area contributed by atoms with Gasteiger partial charge in [-0.3, -0.25) is 0 Å². The van der Waals surface area contributed by atoms with E-state index in [4.69, 9.17) is 16.3 Å². The molecule has 4 nitrogen and oxygen atoms in total. The van der Waals surface area contributed by atoms with E-state index < -0.39 is 8.07 Å². The monoisotopic (exact) mass is 311 g/mol. The number of fused-ring (bicyclic) bond motifs is 1. The summed E-state index contributed by atoms with van der Waals surface area (Å²) in [7, 11) is -1.04. The van der Waals surface area contributed by atoms with Crippen molar-refractivity contribution in [2.75, 3.05) is 6.61 Å². The van der Waals surface area contributed by atoms with Gasteiger partial charge in [-0.2, -0.15) is 5.10 Å². The Labute approximate surface area is 126 Å². The van der Waals surface area contributed by atoms with E-state index in [0.29, 0.717) is 11.9 Å². The topological polar surface area (TPSA) is 39.9 Å². The maximum Gasteiger partial charge on any atom is 0.140 e. The number of hydrogen-bond donors (Lipinski definition) is 0. The van der Waals surface area contributed by atoms with E-state index in [1.807, 2.05) is 10.7 Å². The summed E-state index contributed by atoms with van der Waals surface area (Å²) in [6.45, 7) is 10.4. The molecule has 0 bridgehead atoms. The van der Waals surface area contributed by atoms with Gasteiger partial charge in [0.15, 0.2) is 0 Å². The molecular weight excluding hydrogens is 290 g/mol. The highest BCUT2D eigenvalue weighted by atomic mass is 35.5. The van der Waals surface area contributed by atoms with E-state index in [0.717, 1.165) is 35.7 Å². The van der Waals surface area contributed by atoms with Crippen LogP contribution >= 0.6 is 11.6 Å². The minimum atomic E-state index is -1.04. The van der Waals surface area contributed by atoms with Crippen molar-refractivity contribution < 1.29 is 4.74 Å². The Morgan fingerprint density at radius 1 is 1.35 bits per heavy atom. The largest absolute Gasteiger partial charge is 0.360 e. The normalized spacial score (nSPS) is 12.2. The quantitative estimate of drug-likeness (QED) is 0.460. The number of pyridine rings is 1. The van der Waals surface area contributed by atoms with E-state index >= 15 is 0 Å². The first-order chi connectivity index (χ1) is 9.40. The molecular formula is C14H22ClN3OSi. The van der Waals surface area contributed by atoms with Gasteiger partial charge in [0.25, 0.3) is 0 Å². The molecule has 2 heterocycles. The molecule has 110 valence electrons. The van der Waals surface area contributed by atoms with Crippen LogP contribution in [0.3, 0.4) is 0 Å². The third-order valence-corrected chi connectivity index (χ3v) is 5.14. The number of aryl methyl sites for hydroxylation is 1. The highest BCUT2D eigenvalue weighted by Crippen LogP contribution is 2.21. The summed E-state index contributed by atoms with van der Waals surface area (Å²) >= 11 is 5.96. The molecule has 0 radical (unpaired) electrons. The number of ether oxygens (including phenoxy) is 1. The lowest BCUT2D eigenvalue weighted by Gasteiger charge is -2.15. The van der Waals surface area contributed by atoms with Crippen LogP contribution in [0.25, 0.3) is 10.9 Å². The van der Waals surface area contributed by atoms with Gasteiger partial charge in [-0.15, -0.1) is 0 Å². The number of halogens is 1. The van der Waals surface area contributed by atoms with Crippen molar-refractivity contribution in [1.29, 1.82) is 0 Å². The van der Waals surface area contributed by atoms with Crippen molar-refractivity contribution in [3.63, 3.8) is 0 Å². The minimum Gasteiger partial charge on any atom is -0.360 e. The predicted molar refractivity (Wildman–Crippen MR) is 86.0 cm³/mol. The number of rotatable bonds is 6. The molecule has 0 aromatic carbocycles. The molecule has 2 aromatic heterocycles. The SMILES string of the molecule is CCc1nn(COCC[Si](C)(C)C)c2cnc(Cl)cc12. The van der Waals surface area contributed by atoms with Crippen LogP contribution in [0.1, 0.15) is 12.6 Å². The van der Waals surface area contributed by atoms with Crippen LogP contribution in [0, 0.1) is 0 Å². The van der Waals surface area contributed by atoms with E-state index in [-0.39, 0.29) is 0 Å². The second-order valence-electron chi connectivity index (χ2n) is 6.17. The summed E-state index contributed by atoms with van der Waals surface area (Å²) in [4.78, 5) is 4.14. The summed E-state index contributed by atoms with van der Waals surface area (Å²) in [5.74, 6) is 0. The maximum atomic E-state index is 5.96. The summed E-state index contributed by atoms with van der Waals surface area (Å²) in [6.07, 6.45) is 2.64. The summed E-state index contributed by atoms with van der Waals surface area (Å²) in [6, 6.07) is 3.04. The Hall–Kier alpha value is -0.913. The van der Waals surface area contributed by atoms with Crippen LogP contribution in [0.2, 0.25) is 30.8 Å². The fourth-order valence-electron chi connectivity index (χ4n) is 2.00. The molecule has 0 atom stereocenters. The van der Waals surface area contributed by atoms with Gasteiger partial charge in [-0.05, 0) is 18.5 Å². The highest BCUT2D eigenvalue weighted by Gasteiger charge is 2.13. The molecule has 2 rings (SSSR count). The van der Waals surface area contributed by atoms with Crippen molar-refractivity contribution in [3.8, 4) is 0 Å². The second kappa shape index (κ2) is 6.24. The van der Waals surface area contributed by atoms with Crippen molar-refractivity contribution in [1.82, 2.24) is 14.8 Å². The molecule has 0 N–H and O–H groups in total. The van der Waals surface area contributed by atoms with Crippen molar-refractivity contribution in [2.24, 2.45) is 0 Å². The lowest BCUT2D eigenvalue weighted by Crippen LogP contribution is -2.22. The van der Waals surface area contributed by atoms with Gasteiger partial charge in [0.2, 0.25) is 0 Å². The lowest BCUT2D eigenvalue weighted by atomic mass is 10.2. The van der Waals surface area contributed by atoms with E-state index in [9.17, 15) is 0 Å². The van der Waals surface area contributed by atoms with E-state index in [1.54, 1.807) is 6.20 Å². The molecule has 2 aromatic rings. The Morgan fingerprint density at radius 3 is 2.75 bits per heavy atom. The smallest absolute Gasteiger partial charge is 0.140 e. The molecule has 0 aliphatic heterocycles. The Bertz CT molecular complexity index is 592. The van der Waals surface area contributed by atoms with Gasteiger partial charge in [-0.1, -0.05) is 38.2 Å². The summed E-state index contributed by atoms with van der Waals surface area (Å²) in [5.41, 5.74) is 2.03. The molecule has 0 aliphatic carbocycles. The van der Waals surface area contributed by atoms with Crippen LogP contribution < -0.4 is 0 Å². The van der Waals surface area contributed by atoms with Gasteiger partial charge in [0, 0.05) is 20.1 Å². The molecule has 20 heavy (non-hydrogen) atoms. The van der Waals surface area contributed by atoms with Gasteiger partial charge < -0.3 is 4.74 Å².